The molecule has 0 amide bonds. The standard InChI is InChI=1S/C21H15NO3/c23-12-19-18-9-5-4-6-15(18)10-11-20(19)24-13-17-14-25-21(22-17)16-7-2-1-3-8-16/h1-12,14H,13H2. The zero-order chi connectivity index (χ0) is 17.1. The van der Waals surface area contributed by atoms with Crippen LogP contribution in [0, 0.1) is 0 Å². The maximum absolute atomic E-state index is 11.5. The lowest BCUT2D eigenvalue weighted by Crippen LogP contribution is -1.99. The Kier molecular flexibility index (Phi) is 4.01. The van der Waals surface area contributed by atoms with Crippen LogP contribution in [0.15, 0.2) is 77.4 Å². The molecule has 0 saturated heterocycles. The number of nitrogens with zero attached hydrogens (tertiary/aromatic N) is 1. The first-order valence-electron chi connectivity index (χ1n) is 7.95. The molecule has 4 aromatic rings. The van der Waals surface area contributed by atoms with E-state index in [0.717, 1.165) is 22.6 Å². The summed E-state index contributed by atoms with van der Waals surface area (Å²) in [6.07, 6.45) is 2.40. The molecule has 0 aliphatic rings. The summed E-state index contributed by atoms with van der Waals surface area (Å²) in [5.41, 5.74) is 2.13. The molecule has 25 heavy (non-hydrogen) atoms. The van der Waals surface area contributed by atoms with Crippen molar-refractivity contribution in [1.29, 1.82) is 0 Å². The van der Waals surface area contributed by atoms with Gasteiger partial charge in [-0.2, -0.15) is 0 Å². The molecule has 122 valence electrons. The average Bonchev–Trinajstić information content (AvgIpc) is 3.15. The van der Waals surface area contributed by atoms with Crippen LogP contribution in [-0.4, -0.2) is 11.3 Å². The van der Waals surface area contributed by atoms with Gasteiger partial charge in [-0.25, -0.2) is 4.98 Å². The summed E-state index contributed by atoms with van der Waals surface area (Å²) in [6.45, 7) is 0.232. The molecular weight excluding hydrogens is 314 g/mol. The van der Waals surface area contributed by atoms with Crippen molar-refractivity contribution in [2.75, 3.05) is 0 Å². The van der Waals surface area contributed by atoms with E-state index in [-0.39, 0.29) is 6.61 Å². The van der Waals surface area contributed by atoms with Crippen LogP contribution in [0.5, 0.6) is 5.75 Å². The zero-order valence-electron chi connectivity index (χ0n) is 13.4. The van der Waals surface area contributed by atoms with Crippen molar-refractivity contribution in [3.8, 4) is 17.2 Å². The lowest BCUT2D eigenvalue weighted by atomic mass is 10.0. The van der Waals surface area contributed by atoms with Crippen molar-refractivity contribution < 1.29 is 13.9 Å². The lowest BCUT2D eigenvalue weighted by molar-refractivity contribution is 0.112. The highest BCUT2D eigenvalue weighted by molar-refractivity contribution is 6.00. The number of hydrogen-bond donors (Lipinski definition) is 0. The van der Waals surface area contributed by atoms with Gasteiger partial charge in [0.2, 0.25) is 5.89 Å². The van der Waals surface area contributed by atoms with Crippen LogP contribution >= 0.6 is 0 Å². The third-order valence-electron chi connectivity index (χ3n) is 4.00. The van der Waals surface area contributed by atoms with Gasteiger partial charge in [-0.3, -0.25) is 4.79 Å². The molecule has 4 rings (SSSR count). The normalized spacial score (nSPS) is 10.7. The van der Waals surface area contributed by atoms with Crippen LogP contribution in [0.25, 0.3) is 22.2 Å². The highest BCUT2D eigenvalue weighted by Crippen LogP contribution is 2.27. The van der Waals surface area contributed by atoms with Crippen LogP contribution in [0.2, 0.25) is 0 Å². The monoisotopic (exact) mass is 329 g/mol. The average molecular weight is 329 g/mol. The molecule has 4 nitrogen and oxygen atoms in total. The molecule has 1 aromatic heterocycles. The molecular formula is C21H15NO3. The molecule has 0 fully saturated rings. The van der Waals surface area contributed by atoms with Crippen molar-refractivity contribution in [3.05, 3.63) is 84.3 Å². The SMILES string of the molecule is O=Cc1c(OCc2coc(-c3ccccc3)n2)ccc2ccccc12. The number of hydrogen-bond acceptors (Lipinski definition) is 4. The molecule has 0 radical (unpaired) electrons. The van der Waals surface area contributed by atoms with Crippen LogP contribution in [-0.2, 0) is 6.61 Å². The van der Waals surface area contributed by atoms with Crippen molar-refractivity contribution in [1.82, 2.24) is 4.98 Å². The third kappa shape index (κ3) is 3.02. The van der Waals surface area contributed by atoms with Crippen molar-refractivity contribution in [3.63, 3.8) is 0 Å². The number of benzene rings is 3. The summed E-state index contributed by atoms with van der Waals surface area (Å²) in [4.78, 5) is 16.0. The molecule has 0 aliphatic carbocycles. The van der Waals surface area contributed by atoms with E-state index in [2.05, 4.69) is 4.98 Å². The number of carbonyl (C=O) groups is 1. The second kappa shape index (κ2) is 6.61. The van der Waals surface area contributed by atoms with E-state index in [1.54, 1.807) is 6.26 Å². The largest absolute Gasteiger partial charge is 0.486 e. The van der Waals surface area contributed by atoms with E-state index < -0.39 is 0 Å². The highest BCUT2D eigenvalue weighted by Gasteiger charge is 2.10. The van der Waals surface area contributed by atoms with Crippen LogP contribution < -0.4 is 4.74 Å². The van der Waals surface area contributed by atoms with E-state index in [0.29, 0.717) is 22.9 Å². The Morgan fingerprint density at radius 3 is 2.60 bits per heavy atom. The Labute approximate surface area is 144 Å². The van der Waals surface area contributed by atoms with Gasteiger partial charge in [0.05, 0.1) is 5.56 Å². The molecule has 0 N–H and O–H groups in total. The van der Waals surface area contributed by atoms with Crippen molar-refractivity contribution in [2.24, 2.45) is 0 Å². The number of rotatable bonds is 5. The maximum Gasteiger partial charge on any atom is 0.226 e. The van der Waals surface area contributed by atoms with Crippen molar-refractivity contribution in [2.45, 2.75) is 6.61 Å². The van der Waals surface area contributed by atoms with Crippen LogP contribution in [0.1, 0.15) is 16.1 Å². The van der Waals surface area contributed by atoms with Gasteiger partial charge in [-0.15, -0.1) is 0 Å². The predicted molar refractivity (Wildman–Crippen MR) is 95.6 cm³/mol. The topological polar surface area (TPSA) is 52.3 Å². The zero-order valence-corrected chi connectivity index (χ0v) is 13.4. The minimum Gasteiger partial charge on any atom is -0.486 e. The van der Waals surface area contributed by atoms with Gasteiger partial charge >= 0.3 is 0 Å². The van der Waals surface area contributed by atoms with E-state index in [9.17, 15) is 4.79 Å². The minimum atomic E-state index is 0.232. The lowest BCUT2D eigenvalue weighted by Gasteiger charge is -2.09. The second-order valence-electron chi connectivity index (χ2n) is 5.62. The molecule has 0 atom stereocenters. The summed E-state index contributed by atoms with van der Waals surface area (Å²) in [5.74, 6) is 1.09. The second-order valence-corrected chi connectivity index (χ2v) is 5.62. The Morgan fingerprint density at radius 1 is 0.960 bits per heavy atom. The van der Waals surface area contributed by atoms with Gasteiger partial charge in [0.15, 0.2) is 6.29 Å². The molecule has 0 saturated carbocycles. The van der Waals surface area contributed by atoms with E-state index in [4.69, 9.17) is 9.15 Å². The first-order chi connectivity index (χ1) is 12.3. The van der Waals surface area contributed by atoms with Gasteiger partial charge in [-0.1, -0.05) is 48.5 Å². The van der Waals surface area contributed by atoms with Gasteiger partial charge < -0.3 is 9.15 Å². The van der Waals surface area contributed by atoms with E-state index in [1.807, 2.05) is 66.7 Å². The fourth-order valence-corrected chi connectivity index (χ4v) is 2.76. The minimum absolute atomic E-state index is 0.232. The number of aldehydes is 1. The molecule has 1 heterocycles. The van der Waals surface area contributed by atoms with E-state index in [1.165, 1.54) is 0 Å². The third-order valence-corrected chi connectivity index (χ3v) is 4.00. The summed E-state index contributed by atoms with van der Waals surface area (Å²) < 4.78 is 11.3. The number of fused-ring (bicyclic) bond motifs is 1. The fourth-order valence-electron chi connectivity index (χ4n) is 2.76. The summed E-state index contributed by atoms with van der Waals surface area (Å²) in [6, 6.07) is 21.2. The Balaban J connectivity index is 1.57. The Bertz CT molecular complexity index is 1020. The van der Waals surface area contributed by atoms with E-state index >= 15 is 0 Å². The molecule has 0 bridgehead atoms. The highest BCUT2D eigenvalue weighted by atomic mass is 16.5. The maximum atomic E-state index is 11.5. The van der Waals surface area contributed by atoms with Crippen LogP contribution in [0.3, 0.4) is 0 Å². The first kappa shape index (κ1) is 15.1. The number of aromatic nitrogens is 1. The Morgan fingerprint density at radius 2 is 1.76 bits per heavy atom. The van der Waals surface area contributed by atoms with Crippen LogP contribution in [0.4, 0.5) is 0 Å². The molecule has 0 spiro atoms. The predicted octanol–water partition coefficient (Wildman–Crippen LogP) is 4.89. The van der Waals surface area contributed by atoms with Gasteiger partial charge in [0.25, 0.3) is 0 Å². The molecule has 0 aliphatic heterocycles. The quantitative estimate of drug-likeness (QED) is 0.489. The number of oxazole rings is 1. The number of ether oxygens (including phenoxy) is 1. The summed E-state index contributed by atoms with van der Waals surface area (Å²) in [5, 5.41) is 1.88. The number of carbonyl (C=O) groups excluding carboxylic acids is 1. The Hall–Kier alpha value is -3.40. The fraction of sp³-hybridized carbons (Fsp3) is 0.0476. The van der Waals surface area contributed by atoms with Crippen molar-refractivity contribution >= 4 is 17.1 Å². The van der Waals surface area contributed by atoms with Gasteiger partial charge in [0, 0.05) is 5.56 Å². The molecule has 0 unspecified atom stereocenters. The first-order valence-corrected chi connectivity index (χ1v) is 7.95. The van der Waals surface area contributed by atoms with Gasteiger partial charge in [0.1, 0.15) is 24.3 Å². The van der Waals surface area contributed by atoms with Gasteiger partial charge in [-0.05, 0) is 29.0 Å². The smallest absolute Gasteiger partial charge is 0.226 e. The summed E-state index contributed by atoms with van der Waals surface area (Å²) >= 11 is 0. The molecule has 4 heteroatoms. The molecule has 3 aromatic carbocycles. The summed E-state index contributed by atoms with van der Waals surface area (Å²) in [7, 11) is 0.